The van der Waals surface area contributed by atoms with Gasteiger partial charge in [0, 0.05) is 18.4 Å². The number of halogens is 1. The standard InChI is InChI=1S/C26H36FNO9/c1-5-33-22(30)25(4)36-16-18(17-37-25)10-8-9-15-26(23(31)34-6-2,24(32)35-7-3)28-21(29)19-11-13-20(27)14-12-19/h11-14,18H,5-10,15-17H2,1-4H3,(H,28,29)/t18-,25+. The first-order valence-corrected chi connectivity index (χ1v) is 12.5. The van der Waals surface area contributed by atoms with Crippen LogP contribution in [0, 0.1) is 11.7 Å². The maximum absolute atomic E-state index is 13.3. The van der Waals surface area contributed by atoms with E-state index in [9.17, 15) is 23.6 Å². The van der Waals surface area contributed by atoms with Gasteiger partial charge in [0.2, 0.25) is 5.54 Å². The summed E-state index contributed by atoms with van der Waals surface area (Å²) in [5.74, 6) is -5.18. The average molecular weight is 526 g/mol. The summed E-state index contributed by atoms with van der Waals surface area (Å²) in [6.07, 6.45) is 1.45. The van der Waals surface area contributed by atoms with Crippen LogP contribution in [-0.2, 0) is 38.1 Å². The maximum atomic E-state index is 13.3. The van der Waals surface area contributed by atoms with E-state index < -0.39 is 41.0 Å². The van der Waals surface area contributed by atoms with Crippen LogP contribution in [-0.4, -0.2) is 68.2 Å². The van der Waals surface area contributed by atoms with Crippen LogP contribution in [0.1, 0.15) is 63.7 Å². The Kier molecular flexibility index (Phi) is 11.4. The number of carbonyl (C=O) groups excluding carboxylic acids is 4. The third-order valence-electron chi connectivity index (χ3n) is 5.93. The highest BCUT2D eigenvalue weighted by Gasteiger charge is 2.50. The number of hydrogen-bond acceptors (Lipinski definition) is 9. The second-order valence-corrected chi connectivity index (χ2v) is 8.71. The second-order valence-electron chi connectivity index (χ2n) is 8.71. The monoisotopic (exact) mass is 525 g/mol. The zero-order valence-corrected chi connectivity index (χ0v) is 21.8. The minimum Gasteiger partial charge on any atom is -0.464 e. The summed E-state index contributed by atoms with van der Waals surface area (Å²) in [7, 11) is 0. The SMILES string of the molecule is CCOC(=O)C(CCCC[C@H]1CO[C@@](C)(C(=O)OCC)OC1)(NC(=O)c1ccc(F)cc1)C(=O)OCC. The Morgan fingerprint density at radius 3 is 2.00 bits per heavy atom. The van der Waals surface area contributed by atoms with E-state index >= 15 is 0 Å². The van der Waals surface area contributed by atoms with Crippen molar-refractivity contribution in [3.8, 4) is 0 Å². The van der Waals surface area contributed by atoms with Crippen molar-refractivity contribution >= 4 is 23.8 Å². The molecule has 0 saturated carbocycles. The molecule has 1 amide bonds. The van der Waals surface area contributed by atoms with Gasteiger partial charge < -0.3 is 29.0 Å². The predicted molar refractivity (Wildman–Crippen MR) is 129 cm³/mol. The van der Waals surface area contributed by atoms with Crippen LogP contribution in [0.25, 0.3) is 0 Å². The molecule has 2 rings (SSSR count). The van der Waals surface area contributed by atoms with Gasteiger partial charge in [-0.1, -0.05) is 6.42 Å². The molecular formula is C26H36FNO9. The van der Waals surface area contributed by atoms with Gasteiger partial charge in [-0.15, -0.1) is 0 Å². The Labute approximate surface area is 216 Å². The highest BCUT2D eigenvalue weighted by molar-refractivity contribution is 6.10. The van der Waals surface area contributed by atoms with Crippen molar-refractivity contribution in [1.82, 2.24) is 5.32 Å². The third kappa shape index (κ3) is 7.96. The quantitative estimate of drug-likeness (QED) is 0.179. The predicted octanol–water partition coefficient (Wildman–Crippen LogP) is 2.92. The third-order valence-corrected chi connectivity index (χ3v) is 5.93. The van der Waals surface area contributed by atoms with Gasteiger partial charge in [-0.3, -0.25) is 4.79 Å². The largest absolute Gasteiger partial charge is 0.464 e. The number of esters is 3. The lowest BCUT2D eigenvalue weighted by molar-refractivity contribution is -0.274. The second kappa shape index (κ2) is 14.0. The summed E-state index contributed by atoms with van der Waals surface area (Å²) < 4.78 is 39.8. The van der Waals surface area contributed by atoms with E-state index in [4.69, 9.17) is 23.7 Å². The highest BCUT2D eigenvalue weighted by Crippen LogP contribution is 2.27. The smallest absolute Gasteiger partial charge is 0.366 e. The van der Waals surface area contributed by atoms with Gasteiger partial charge in [0.1, 0.15) is 5.82 Å². The summed E-state index contributed by atoms with van der Waals surface area (Å²) in [5.41, 5.74) is -2.00. The van der Waals surface area contributed by atoms with Crippen molar-refractivity contribution in [2.24, 2.45) is 5.92 Å². The van der Waals surface area contributed by atoms with Crippen LogP contribution >= 0.6 is 0 Å². The fourth-order valence-corrected chi connectivity index (χ4v) is 3.84. The van der Waals surface area contributed by atoms with Crippen LogP contribution in [0.2, 0.25) is 0 Å². The number of rotatable bonds is 13. The number of benzene rings is 1. The summed E-state index contributed by atoms with van der Waals surface area (Å²) in [4.78, 5) is 50.9. The van der Waals surface area contributed by atoms with Gasteiger partial charge in [-0.2, -0.15) is 0 Å². The molecule has 0 aromatic heterocycles. The molecule has 1 aliphatic heterocycles. The molecule has 1 fully saturated rings. The van der Waals surface area contributed by atoms with Crippen LogP contribution in [0.3, 0.4) is 0 Å². The Hall–Kier alpha value is -3.05. The molecule has 10 nitrogen and oxygen atoms in total. The number of unbranched alkanes of at least 4 members (excludes halogenated alkanes) is 1. The van der Waals surface area contributed by atoms with Crippen molar-refractivity contribution < 1.29 is 47.3 Å². The molecule has 1 saturated heterocycles. The molecule has 11 heteroatoms. The minimum atomic E-state index is -2.07. The summed E-state index contributed by atoms with van der Waals surface area (Å²) in [6, 6.07) is 4.71. The zero-order chi connectivity index (χ0) is 27.5. The van der Waals surface area contributed by atoms with E-state index in [0.29, 0.717) is 19.3 Å². The molecule has 0 radical (unpaired) electrons. The first-order valence-electron chi connectivity index (χ1n) is 12.5. The molecular weight excluding hydrogens is 489 g/mol. The lowest BCUT2D eigenvalue weighted by atomic mass is 9.90. The van der Waals surface area contributed by atoms with E-state index in [1.54, 1.807) is 20.8 Å². The van der Waals surface area contributed by atoms with Crippen molar-refractivity contribution in [2.45, 2.75) is 64.7 Å². The first kappa shape index (κ1) is 30.2. The minimum absolute atomic E-state index is 0.0115. The Morgan fingerprint density at radius 1 is 0.946 bits per heavy atom. The molecule has 37 heavy (non-hydrogen) atoms. The fraction of sp³-hybridized carbons (Fsp3) is 0.615. The Morgan fingerprint density at radius 2 is 1.49 bits per heavy atom. The van der Waals surface area contributed by atoms with Crippen molar-refractivity contribution in [3.63, 3.8) is 0 Å². The van der Waals surface area contributed by atoms with Crippen molar-refractivity contribution in [2.75, 3.05) is 33.0 Å². The molecule has 0 unspecified atom stereocenters. The van der Waals surface area contributed by atoms with E-state index in [-0.39, 0.29) is 50.9 Å². The normalized spacial score (nSPS) is 19.5. The number of nitrogens with one attached hydrogen (secondary N) is 1. The molecule has 206 valence electrons. The van der Waals surface area contributed by atoms with Gasteiger partial charge in [0.05, 0.1) is 33.0 Å². The average Bonchev–Trinajstić information content (AvgIpc) is 2.87. The summed E-state index contributed by atoms with van der Waals surface area (Å²) in [6.45, 7) is 7.12. The lowest BCUT2D eigenvalue weighted by Gasteiger charge is -2.35. The van der Waals surface area contributed by atoms with Gasteiger partial charge in [0.25, 0.3) is 11.7 Å². The number of amides is 1. The molecule has 1 aliphatic rings. The molecule has 1 N–H and O–H groups in total. The zero-order valence-electron chi connectivity index (χ0n) is 21.8. The molecule has 1 aromatic rings. The van der Waals surface area contributed by atoms with Crippen molar-refractivity contribution in [3.05, 3.63) is 35.6 Å². The number of carbonyl (C=O) groups is 4. The maximum Gasteiger partial charge on any atom is 0.366 e. The van der Waals surface area contributed by atoms with Crippen LogP contribution in [0.15, 0.2) is 24.3 Å². The molecule has 0 spiro atoms. The van der Waals surface area contributed by atoms with Crippen molar-refractivity contribution in [1.29, 1.82) is 0 Å². The van der Waals surface area contributed by atoms with E-state index in [0.717, 1.165) is 12.1 Å². The van der Waals surface area contributed by atoms with E-state index in [2.05, 4.69) is 5.32 Å². The topological polar surface area (TPSA) is 126 Å². The molecule has 1 heterocycles. The van der Waals surface area contributed by atoms with Gasteiger partial charge >= 0.3 is 17.9 Å². The van der Waals surface area contributed by atoms with Crippen LogP contribution in [0.4, 0.5) is 4.39 Å². The Balaban J connectivity index is 2.08. The van der Waals surface area contributed by atoms with E-state index in [1.165, 1.54) is 19.1 Å². The molecule has 1 aromatic carbocycles. The summed E-state index contributed by atoms with van der Waals surface area (Å²) >= 11 is 0. The van der Waals surface area contributed by atoms with Gasteiger partial charge in [0.15, 0.2) is 0 Å². The summed E-state index contributed by atoms with van der Waals surface area (Å²) in [5, 5.41) is 2.50. The molecule has 0 bridgehead atoms. The number of ether oxygens (including phenoxy) is 5. The van der Waals surface area contributed by atoms with Gasteiger partial charge in [-0.25, -0.2) is 18.8 Å². The van der Waals surface area contributed by atoms with Gasteiger partial charge in [-0.05, 0) is 64.3 Å². The van der Waals surface area contributed by atoms with Crippen LogP contribution in [0.5, 0.6) is 0 Å². The Bertz CT molecular complexity index is 908. The molecule has 0 atom stereocenters. The lowest BCUT2D eigenvalue weighted by Crippen LogP contribution is -2.61. The highest BCUT2D eigenvalue weighted by atomic mass is 19.1. The molecule has 0 aliphatic carbocycles. The number of hydrogen-bond donors (Lipinski definition) is 1. The fourth-order valence-electron chi connectivity index (χ4n) is 3.84. The van der Waals surface area contributed by atoms with Crippen LogP contribution < -0.4 is 5.32 Å². The van der Waals surface area contributed by atoms with E-state index in [1.807, 2.05) is 0 Å². The first-order chi connectivity index (χ1) is 17.6.